The van der Waals surface area contributed by atoms with Gasteiger partial charge in [-0.2, -0.15) is 0 Å². The summed E-state index contributed by atoms with van der Waals surface area (Å²) in [5, 5.41) is 2.94. The molecule has 0 atom stereocenters. The second-order valence-electron chi connectivity index (χ2n) is 5.15. The maximum absolute atomic E-state index is 11.5. The van der Waals surface area contributed by atoms with Crippen molar-refractivity contribution in [3.05, 3.63) is 34.3 Å². The van der Waals surface area contributed by atoms with Crippen molar-refractivity contribution in [3.8, 4) is 11.4 Å². The maximum Gasteiger partial charge on any atom is 0.325 e. The summed E-state index contributed by atoms with van der Waals surface area (Å²) in [6.07, 6.45) is 0. The molecule has 0 aliphatic carbocycles. The molecule has 0 saturated heterocycles. The zero-order valence-electron chi connectivity index (χ0n) is 14.0. The molecule has 1 N–H and O–H groups in total. The van der Waals surface area contributed by atoms with Crippen LogP contribution in [0, 0.1) is 0 Å². The molecule has 2 rings (SSSR count). The molecule has 0 saturated carbocycles. The van der Waals surface area contributed by atoms with Gasteiger partial charge in [0.05, 0.1) is 6.61 Å². The molecule has 0 aliphatic rings. The van der Waals surface area contributed by atoms with E-state index in [1.54, 1.807) is 25.1 Å². The van der Waals surface area contributed by atoms with Crippen LogP contribution >= 0.6 is 85.5 Å². The Bertz CT molecular complexity index is 840. The highest BCUT2D eigenvalue weighted by molar-refractivity contribution is 9.10. The summed E-state index contributed by atoms with van der Waals surface area (Å²) in [7, 11) is 0. The number of carbonyl (C=O) groups is 1. The Morgan fingerprint density at radius 1 is 1.07 bits per heavy atom. The van der Waals surface area contributed by atoms with E-state index in [-0.39, 0.29) is 30.0 Å². The predicted octanol–water partition coefficient (Wildman–Crippen LogP) is 5.93. The molecule has 28 heavy (non-hydrogen) atoms. The third kappa shape index (κ3) is 6.62. The van der Waals surface area contributed by atoms with Gasteiger partial charge in [-0.25, -0.2) is 15.0 Å². The van der Waals surface area contributed by atoms with E-state index in [1.165, 1.54) is 0 Å². The van der Waals surface area contributed by atoms with Crippen LogP contribution in [-0.2, 0) is 17.1 Å². The Morgan fingerprint density at radius 2 is 1.64 bits per heavy atom. The topological polar surface area (TPSA) is 77.0 Å². The van der Waals surface area contributed by atoms with Gasteiger partial charge in [-0.3, -0.25) is 4.79 Å². The molecule has 0 spiro atoms. The summed E-state index contributed by atoms with van der Waals surface area (Å²) in [5.41, 5.74) is 1.18. The molecule has 0 aliphatic heterocycles. The first-order valence-corrected chi connectivity index (χ1v) is 10.6. The molecule has 1 aromatic heterocycles. The minimum Gasteiger partial charge on any atom is -0.465 e. The van der Waals surface area contributed by atoms with Gasteiger partial charge in [-0.05, 0) is 41.1 Å². The number of nitrogens with zero attached hydrogens (tertiary/aromatic N) is 3. The minimum absolute atomic E-state index is 0.0141. The Morgan fingerprint density at radius 3 is 2.11 bits per heavy atom. The lowest BCUT2D eigenvalue weighted by Crippen LogP contribution is -2.17. The van der Waals surface area contributed by atoms with Gasteiger partial charge in [0.2, 0.25) is 7.59 Å². The van der Waals surface area contributed by atoms with Gasteiger partial charge in [0.15, 0.2) is 17.5 Å². The summed E-state index contributed by atoms with van der Waals surface area (Å²) >= 11 is 38.7. The highest BCUT2D eigenvalue weighted by Gasteiger charge is 2.34. The number of hydrogen-bond acceptors (Lipinski definition) is 6. The first kappa shape index (κ1) is 24.0. The number of nitrogens with one attached hydrogen (secondary N) is 1. The van der Waals surface area contributed by atoms with E-state index in [0.717, 1.165) is 0 Å². The van der Waals surface area contributed by atoms with Crippen LogP contribution in [0.4, 0.5) is 5.69 Å². The summed E-state index contributed by atoms with van der Waals surface area (Å²) in [4.78, 5) is 23.7. The molecule has 2 aromatic rings. The van der Waals surface area contributed by atoms with Gasteiger partial charge in [-0.1, -0.05) is 69.6 Å². The van der Waals surface area contributed by atoms with Crippen LogP contribution in [0.3, 0.4) is 0 Å². The first-order valence-electron chi connectivity index (χ1n) is 7.51. The first-order chi connectivity index (χ1) is 12.9. The predicted molar refractivity (Wildman–Crippen MR) is 117 cm³/mol. The number of halogens is 7. The van der Waals surface area contributed by atoms with Crippen LogP contribution in [0.15, 0.2) is 22.7 Å². The van der Waals surface area contributed by atoms with E-state index >= 15 is 0 Å². The maximum atomic E-state index is 11.5. The normalized spacial score (nSPS) is 12.0. The summed E-state index contributed by atoms with van der Waals surface area (Å²) in [6.45, 7) is 2.05. The fourth-order valence-corrected chi connectivity index (χ4v) is 3.01. The fourth-order valence-electron chi connectivity index (χ4n) is 1.94. The van der Waals surface area contributed by atoms with Crippen LogP contribution < -0.4 is 5.32 Å². The Kier molecular flexibility index (Phi) is 8.30. The number of ether oxygens (including phenoxy) is 1. The smallest absolute Gasteiger partial charge is 0.325 e. The molecule has 1 heterocycles. The average molecular weight is 572 g/mol. The Labute approximate surface area is 199 Å². The fraction of sp³-hybridized carbons (Fsp3) is 0.333. The third-order valence-corrected chi connectivity index (χ3v) is 4.76. The molecular weight excluding hydrogens is 561 g/mol. The monoisotopic (exact) mass is 568 g/mol. The van der Waals surface area contributed by atoms with Gasteiger partial charge in [0.1, 0.15) is 6.54 Å². The number of alkyl halides is 6. The molecule has 6 nitrogen and oxygen atoms in total. The number of rotatable bonds is 5. The lowest BCUT2D eigenvalue weighted by molar-refractivity contribution is -0.140. The average Bonchev–Trinajstić information content (AvgIpc) is 2.58. The van der Waals surface area contributed by atoms with Crippen molar-refractivity contribution in [1.82, 2.24) is 15.0 Å². The zero-order chi connectivity index (χ0) is 21.1. The zero-order valence-corrected chi connectivity index (χ0v) is 20.1. The number of anilines is 1. The standard InChI is InChI=1S/C15H11BrCl6N4O2/c1-2-28-10(27)6-23-7-3-4-8(9(16)5-7)11-24-12(14(17,18)19)26-13(25-11)15(20,21)22/h3-5,23H,2,6H2,1H3. The van der Waals surface area contributed by atoms with E-state index in [4.69, 9.17) is 74.3 Å². The molecule has 0 fully saturated rings. The van der Waals surface area contributed by atoms with Gasteiger partial charge in [0.25, 0.3) is 0 Å². The van der Waals surface area contributed by atoms with E-state index in [1.807, 2.05) is 0 Å². The van der Waals surface area contributed by atoms with Gasteiger partial charge < -0.3 is 10.1 Å². The van der Waals surface area contributed by atoms with Gasteiger partial charge in [-0.15, -0.1) is 0 Å². The number of hydrogen-bond donors (Lipinski definition) is 1. The molecule has 0 radical (unpaired) electrons. The third-order valence-electron chi connectivity index (χ3n) is 3.09. The van der Waals surface area contributed by atoms with Crippen molar-refractivity contribution in [2.75, 3.05) is 18.5 Å². The van der Waals surface area contributed by atoms with E-state index in [2.05, 4.69) is 36.2 Å². The second kappa shape index (κ2) is 9.69. The van der Waals surface area contributed by atoms with Crippen LogP contribution in [-0.4, -0.2) is 34.1 Å². The molecular formula is C15H11BrCl6N4O2. The van der Waals surface area contributed by atoms with E-state index in [9.17, 15) is 4.79 Å². The van der Waals surface area contributed by atoms with Crippen molar-refractivity contribution in [1.29, 1.82) is 0 Å². The highest BCUT2D eigenvalue weighted by atomic mass is 79.9. The lowest BCUT2D eigenvalue weighted by atomic mass is 10.2. The van der Waals surface area contributed by atoms with E-state index < -0.39 is 7.59 Å². The minimum atomic E-state index is -1.95. The molecule has 152 valence electrons. The van der Waals surface area contributed by atoms with Gasteiger partial charge in [0, 0.05) is 15.7 Å². The molecule has 0 amide bonds. The summed E-state index contributed by atoms with van der Waals surface area (Å²) < 4.78 is 1.55. The quantitative estimate of drug-likeness (QED) is 0.354. The van der Waals surface area contributed by atoms with Crippen LogP contribution in [0.1, 0.15) is 18.6 Å². The lowest BCUT2D eigenvalue weighted by Gasteiger charge is -2.16. The van der Waals surface area contributed by atoms with Crippen molar-refractivity contribution >= 4 is 97.2 Å². The Hall–Kier alpha value is -0.280. The van der Waals surface area contributed by atoms with Crippen molar-refractivity contribution in [2.24, 2.45) is 0 Å². The number of esters is 1. The second-order valence-corrected chi connectivity index (χ2v) is 10.6. The van der Waals surface area contributed by atoms with Crippen molar-refractivity contribution in [3.63, 3.8) is 0 Å². The highest BCUT2D eigenvalue weighted by Crippen LogP contribution is 2.41. The van der Waals surface area contributed by atoms with Crippen LogP contribution in [0.2, 0.25) is 0 Å². The van der Waals surface area contributed by atoms with Gasteiger partial charge >= 0.3 is 5.97 Å². The largest absolute Gasteiger partial charge is 0.465 e. The van der Waals surface area contributed by atoms with Crippen molar-refractivity contribution in [2.45, 2.75) is 14.5 Å². The Balaban J connectivity index is 2.40. The number of benzene rings is 1. The van der Waals surface area contributed by atoms with Crippen LogP contribution in [0.5, 0.6) is 0 Å². The SMILES string of the molecule is CCOC(=O)CNc1ccc(-c2nc(C(Cl)(Cl)Cl)nc(C(Cl)(Cl)Cl)n2)c(Br)c1. The molecule has 0 bridgehead atoms. The summed E-state index contributed by atoms with van der Waals surface area (Å²) in [6, 6.07) is 5.09. The molecule has 0 unspecified atom stereocenters. The van der Waals surface area contributed by atoms with Crippen LogP contribution in [0.25, 0.3) is 11.4 Å². The summed E-state index contributed by atoms with van der Waals surface area (Å²) in [5.74, 6) is -0.637. The molecule has 1 aromatic carbocycles. The molecule has 13 heteroatoms. The number of carbonyl (C=O) groups excluding carboxylic acids is 1. The van der Waals surface area contributed by atoms with E-state index in [0.29, 0.717) is 22.3 Å². The van der Waals surface area contributed by atoms with Crippen molar-refractivity contribution < 1.29 is 9.53 Å². The number of aromatic nitrogens is 3.